The Morgan fingerprint density at radius 1 is 1.30 bits per heavy atom. The quantitative estimate of drug-likeness (QED) is 0.915. The normalized spacial score (nSPS) is 25.8. The molecule has 2 fully saturated rings. The molecule has 4 heteroatoms. The minimum absolute atomic E-state index is 0.463. The molecule has 0 spiro atoms. The monoisotopic (exact) mass is 277 g/mol. The molecular formula is C16H27N3O. The van der Waals surface area contributed by atoms with Crippen LogP contribution in [0.5, 0.6) is 0 Å². The molecule has 1 aliphatic carbocycles. The lowest BCUT2D eigenvalue weighted by Crippen LogP contribution is -2.26. The van der Waals surface area contributed by atoms with Crippen LogP contribution in [0.3, 0.4) is 0 Å². The largest absolute Gasteiger partial charge is 0.381 e. The maximum absolute atomic E-state index is 5.54. The first kappa shape index (κ1) is 13.9. The summed E-state index contributed by atoms with van der Waals surface area (Å²) in [5.74, 6) is 1.68. The molecular weight excluding hydrogens is 250 g/mol. The molecule has 4 nitrogen and oxygen atoms in total. The zero-order valence-corrected chi connectivity index (χ0v) is 12.8. The van der Waals surface area contributed by atoms with Crippen LogP contribution in [0, 0.1) is 12.8 Å². The van der Waals surface area contributed by atoms with E-state index in [2.05, 4.69) is 29.9 Å². The van der Waals surface area contributed by atoms with Crippen LogP contribution in [0.25, 0.3) is 0 Å². The van der Waals surface area contributed by atoms with Crippen LogP contribution in [0.4, 0.5) is 5.95 Å². The Labute approximate surface area is 121 Å². The molecule has 1 saturated carbocycles. The number of anilines is 1. The van der Waals surface area contributed by atoms with Crippen LogP contribution >= 0.6 is 0 Å². The third kappa shape index (κ3) is 3.00. The van der Waals surface area contributed by atoms with Crippen molar-refractivity contribution in [2.24, 2.45) is 5.92 Å². The highest BCUT2D eigenvalue weighted by atomic mass is 16.5. The van der Waals surface area contributed by atoms with Crippen molar-refractivity contribution in [1.29, 1.82) is 0 Å². The number of imidazole rings is 1. The summed E-state index contributed by atoms with van der Waals surface area (Å²) in [6, 6.07) is 1.07. The number of hydrogen-bond donors (Lipinski definition) is 1. The lowest BCUT2D eigenvalue weighted by atomic mass is 9.96. The fraction of sp³-hybridized carbons (Fsp3) is 0.812. The molecule has 0 amide bonds. The van der Waals surface area contributed by atoms with Gasteiger partial charge in [0.1, 0.15) is 0 Å². The van der Waals surface area contributed by atoms with E-state index in [0.717, 1.165) is 24.9 Å². The van der Waals surface area contributed by atoms with Gasteiger partial charge >= 0.3 is 0 Å². The summed E-state index contributed by atoms with van der Waals surface area (Å²) in [5.41, 5.74) is 1.11. The molecule has 1 aliphatic heterocycles. The molecule has 112 valence electrons. The second-order valence-corrected chi connectivity index (χ2v) is 6.46. The topological polar surface area (TPSA) is 39.1 Å². The first-order valence-electron chi connectivity index (χ1n) is 8.14. The lowest BCUT2D eigenvalue weighted by Gasteiger charge is -2.26. The van der Waals surface area contributed by atoms with Crippen molar-refractivity contribution in [2.75, 3.05) is 18.5 Å². The van der Waals surface area contributed by atoms with Gasteiger partial charge in [0.25, 0.3) is 0 Å². The van der Waals surface area contributed by atoms with Gasteiger partial charge in [0, 0.05) is 30.8 Å². The molecule has 2 aliphatic rings. The van der Waals surface area contributed by atoms with Crippen LogP contribution in [-0.4, -0.2) is 28.8 Å². The first-order chi connectivity index (χ1) is 9.74. The van der Waals surface area contributed by atoms with E-state index in [1.165, 1.54) is 38.5 Å². The molecule has 1 aromatic rings. The number of aromatic nitrogens is 2. The van der Waals surface area contributed by atoms with Crippen LogP contribution in [0.2, 0.25) is 0 Å². The van der Waals surface area contributed by atoms with Crippen molar-refractivity contribution < 1.29 is 4.74 Å². The molecule has 0 aromatic carbocycles. The number of nitrogens with zero attached hydrogens (tertiary/aromatic N) is 2. The predicted molar refractivity (Wildman–Crippen MR) is 81.1 cm³/mol. The number of hydrogen-bond acceptors (Lipinski definition) is 3. The second kappa shape index (κ2) is 6.17. The smallest absolute Gasteiger partial charge is 0.203 e. The van der Waals surface area contributed by atoms with E-state index in [0.29, 0.717) is 18.0 Å². The van der Waals surface area contributed by atoms with Crippen molar-refractivity contribution in [3.63, 3.8) is 0 Å². The van der Waals surface area contributed by atoms with E-state index in [4.69, 9.17) is 9.72 Å². The molecule has 2 heterocycles. The lowest BCUT2D eigenvalue weighted by molar-refractivity contribution is 0.175. The second-order valence-electron chi connectivity index (χ2n) is 6.46. The molecule has 20 heavy (non-hydrogen) atoms. The fourth-order valence-corrected chi connectivity index (χ4v) is 3.52. The summed E-state index contributed by atoms with van der Waals surface area (Å²) >= 11 is 0. The summed E-state index contributed by atoms with van der Waals surface area (Å²) in [5, 5.41) is 3.69. The Bertz CT molecular complexity index is 431. The van der Waals surface area contributed by atoms with Crippen LogP contribution in [-0.2, 0) is 4.74 Å². The zero-order valence-electron chi connectivity index (χ0n) is 12.8. The van der Waals surface area contributed by atoms with Gasteiger partial charge < -0.3 is 14.6 Å². The van der Waals surface area contributed by atoms with Gasteiger partial charge in [0.15, 0.2) is 0 Å². The molecule has 1 N–H and O–H groups in total. The SMILES string of the molecule is Cc1cn(C(C)C2CCOC2)c(NC2CCCCC2)n1. The maximum Gasteiger partial charge on any atom is 0.203 e. The maximum atomic E-state index is 5.54. The van der Waals surface area contributed by atoms with Crippen molar-refractivity contribution in [1.82, 2.24) is 9.55 Å². The summed E-state index contributed by atoms with van der Waals surface area (Å²) in [6.45, 7) is 6.18. The molecule has 3 rings (SSSR count). The molecule has 2 atom stereocenters. The Hall–Kier alpha value is -1.03. The van der Waals surface area contributed by atoms with Crippen LogP contribution in [0.15, 0.2) is 6.20 Å². The number of aryl methyl sites for hydroxylation is 1. The molecule has 1 aromatic heterocycles. The van der Waals surface area contributed by atoms with Gasteiger partial charge in [0.05, 0.1) is 12.3 Å². The van der Waals surface area contributed by atoms with E-state index in [-0.39, 0.29) is 0 Å². The van der Waals surface area contributed by atoms with Gasteiger partial charge in [0.2, 0.25) is 5.95 Å². The first-order valence-corrected chi connectivity index (χ1v) is 8.14. The fourth-order valence-electron chi connectivity index (χ4n) is 3.52. The summed E-state index contributed by atoms with van der Waals surface area (Å²) < 4.78 is 7.88. The third-order valence-electron chi connectivity index (χ3n) is 4.88. The highest BCUT2D eigenvalue weighted by molar-refractivity contribution is 5.31. The van der Waals surface area contributed by atoms with E-state index < -0.39 is 0 Å². The van der Waals surface area contributed by atoms with Crippen molar-refractivity contribution in [2.45, 2.75) is 64.5 Å². The number of nitrogens with one attached hydrogen (secondary N) is 1. The van der Waals surface area contributed by atoms with Crippen molar-refractivity contribution in [3.8, 4) is 0 Å². The van der Waals surface area contributed by atoms with E-state index >= 15 is 0 Å². The minimum atomic E-state index is 0.463. The highest BCUT2D eigenvalue weighted by Crippen LogP contribution is 2.30. The van der Waals surface area contributed by atoms with Gasteiger partial charge in [-0.05, 0) is 33.1 Å². The summed E-state index contributed by atoms with van der Waals surface area (Å²) in [7, 11) is 0. The standard InChI is InChI=1S/C16H27N3O/c1-12-10-19(13(2)14-8-9-20-11-14)16(17-12)18-15-6-4-3-5-7-15/h10,13-15H,3-9,11H2,1-2H3,(H,17,18). The Morgan fingerprint density at radius 3 is 2.80 bits per heavy atom. The van der Waals surface area contributed by atoms with E-state index in [9.17, 15) is 0 Å². The van der Waals surface area contributed by atoms with Crippen molar-refractivity contribution >= 4 is 5.95 Å². The van der Waals surface area contributed by atoms with Crippen molar-refractivity contribution in [3.05, 3.63) is 11.9 Å². The Balaban J connectivity index is 1.72. The van der Waals surface area contributed by atoms with Crippen LogP contribution in [0.1, 0.15) is 57.2 Å². The van der Waals surface area contributed by atoms with Gasteiger partial charge in [-0.3, -0.25) is 0 Å². The Morgan fingerprint density at radius 2 is 2.10 bits per heavy atom. The molecule has 0 radical (unpaired) electrons. The molecule has 0 bridgehead atoms. The number of ether oxygens (including phenoxy) is 1. The van der Waals surface area contributed by atoms with Gasteiger partial charge in [-0.1, -0.05) is 19.3 Å². The van der Waals surface area contributed by atoms with E-state index in [1.54, 1.807) is 0 Å². The molecule has 2 unspecified atom stereocenters. The zero-order chi connectivity index (χ0) is 13.9. The summed E-state index contributed by atoms with van der Waals surface area (Å²) in [4.78, 5) is 4.71. The van der Waals surface area contributed by atoms with Gasteiger partial charge in [-0.15, -0.1) is 0 Å². The highest BCUT2D eigenvalue weighted by Gasteiger charge is 2.26. The number of rotatable bonds is 4. The van der Waals surface area contributed by atoms with Gasteiger partial charge in [-0.25, -0.2) is 4.98 Å². The van der Waals surface area contributed by atoms with Crippen LogP contribution < -0.4 is 5.32 Å². The average Bonchev–Trinajstić information content (AvgIpc) is 3.09. The molecule has 1 saturated heterocycles. The summed E-state index contributed by atoms with van der Waals surface area (Å²) in [6.07, 6.45) is 10.0. The minimum Gasteiger partial charge on any atom is -0.381 e. The Kier molecular flexibility index (Phi) is 4.29. The average molecular weight is 277 g/mol. The van der Waals surface area contributed by atoms with Gasteiger partial charge in [-0.2, -0.15) is 0 Å². The predicted octanol–water partition coefficient (Wildman–Crippen LogP) is 3.53. The third-order valence-corrected chi connectivity index (χ3v) is 4.88. The van der Waals surface area contributed by atoms with E-state index in [1.807, 2.05) is 0 Å².